The van der Waals surface area contributed by atoms with Crippen molar-refractivity contribution in [1.29, 1.82) is 0 Å². The van der Waals surface area contributed by atoms with Crippen LogP contribution in [-0.2, 0) is 16.2 Å². The fourth-order valence-electron chi connectivity index (χ4n) is 7.61. The molecule has 1 aromatic heterocycles. The summed E-state index contributed by atoms with van der Waals surface area (Å²) in [6.45, 7) is 6.33. The van der Waals surface area contributed by atoms with E-state index >= 15 is 0 Å². The summed E-state index contributed by atoms with van der Waals surface area (Å²) in [6, 6.07) is 3.25. The highest BCUT2D eigenvalue weighted by molar-refractivity contribution is 5.90. The zero-order valence-electron chi connectivity index (χ0n) is 28.4. The van der Waals surface area contributed by atoms with Crippen molar-refractivity contribution in [3.05, 3.63) is 80.8 Å². The minimum atomic E-state index is -2.31. The first-order valence-electron chi connectivity index (χ1n) is 16.9. The van der Waals surface area contributed by atoms with Gasteiger partial charge < -0.3 is 34.7 Å². The molecule has 0 aliphatic carbocycles. The predicted molar refractivity (Wildman–Crippen MR) is 181 cm³/mol. The molecule has 7 N–H and O–H groups in total. The van der Waals surface area contributed by atoms with Crippen molar-refractivity contribution >= 4 is 29.1 Å². The fourth-order valence-corrected chi connectivity index (χ4v) is 7.61. The third-order valence-electron chi connectivity index (χ3n) is 10.4. The highest BCUT2D eigenvalue weighted by Crippen LogP contribution is 2.43. The summed E-state index contributed by atoms with van der Waals surface area (Å²) in [7, 11) is 0. The smallest absolute Gasteiger partial charge is 0.222 e. The van der Waals surface area contributed by atoms with Crippen LogP contribution in [0.25, 0.3) is 11.0 Å². The van der Waals surface area contributed by atoms with Gasteiger partial charge in [-0.15, -0.1) is 0 Å². The quantitative estimate of drug-likeness (QED) is 0.106. The lowest BCUT2D eigenvalue weighted by Gasteiger charge is -2.41. The Bertz CT molecular complexity index is 1940. The van der Waals surface area contributed by atoms with Gasteiger partial charge in [-0.25, -0.2) is 9.78 Å². The number of aliphatic hydroxyl groups is 5. The Hall–Kier alpha value is -3.83. The van der Waals surface area contributed by atoms with Crippen LogP contribution in [0.2, 0.25) is 0 Å². The molecule has 0 spiro atoms. The number of nitrogens with zero attached hydrogens (tertiary/aromatic N) is 2. The summed E-state index contributed by atoms with van der Waals surface area (Å²) < 4.78 is 12.9. The largest absolute Gasteiger partial charge is 0.478 e. The van der Waals surface area contributed by atoms with E-state index in [0.717, 1.165) is 34.0 Å². The van der Waals surface area contributed by atoms with Gasteiger partial charge in [0.1, 0.15) is 79.1 Å². The Balaban J connectivity index is 1.15. The molecule has 0 bridgehead atoms. The topological polar surface area (TPSA) is 193 Å². The zero-order valence-corrected chi connectivity index (χ0v) is 28.4. The molecule has 5 aliphatic rings. The van der Waals surface area contributed by atoms with E-state index in [2.05, 4.69) is 16.9 Å². The van der Waals surface area contributed by atoms with E-state index in [1.54, 1.807) is 31.5 Å². The molecule has 0 radical (unpaired) electrons. The lowest BCUT2D eigenvalue weighted by Crippen LogP contribution is -3.11. The van der Waals surface area contributed by atoms with Crippen LogP contribution in [0.15, 0.2) is 78.4 Å². The van der Waals surface area contributed by atoms with E-state index in [1.165, 1.54) is 6.07 Å². The molecule has 266 valence electrons. The first-order valence-corrected chi connectivity index (χ1v) is 16.9. The van der Waals surface area contributed by atoms with Crippen molar-refractivity contribution in [2.45, 2.75) is 82.2 Å². The van der Waals surface area contributed by atoms with Crippen LogP contribution in [0.4, 0.5) is 5.69 Å². The zero-order chi connectivity index (χ0) is 35.5. The van der Waals surface area contributed by atoms with Crippen molar-refractivity contribution < 1.29 is 54.3 Å². The molecule has 8 atom stereocenters. The van der Waals surface area contributed by atoms with Gasteiger partial charge in [-0.05, 0) is 32.9 Å². The van der Waals surface area contributed by atoms with E-state index in [4.69, 9.17) is 18.9 Å². The van der Waals surface area contributed by atoms with Crippen LogP contribution in [0.3, 0.4) is 0 Å². The molecular formula is C36H44N4O10+2. The SMILES string of the molecule is CCC1C2=CC=NC2=C[NH+]1c1c2c(cc3c(=O)cc(C)oc13)C[C@@H](OOC[C@H](O)[C@](O)(C[NH+]1CC=C3N=CC=C31)[C@H](O)[C@H](O)CO)C(C)(C)O2. The molecule has 3 unspecified atom stereocenters. The molecule has 6 heterocycles. The molecule has 1 aromatic carbocycles. The molecule has 14 nitrogen and oxygen atoms in total. The van der Waals surface area contributed by atoms with Crippen molar-refractivity contribution in [2.24, 2.45) is 9.98 Å². The van der Waals surface area contributed by atoms with Gasteiger partial charge in [-0.1, -0.05) is 6.92 Å². The number of aliphatic imine (C=N–C) groups is 2. The van der Waals surface area contributed by atoms with Gasteiger partial charge in [-0.3, -0.25) is 24.6 Å². The van der Waals surface area contributed by atoms with Gasteiger partial charge in [0.2, 0.25) is 11.3 Å². The summed E-state index contributed by atoms with van der Waals surface area (Å²) in [5.41, 5.74) is 1.89. The van der Waals surface area contributed by atoms with E-state index in [-0.39, 0.29) is 24.4 Å². The summed E-state index contributed by atoms with van der Waals surface area (Å²) in [5.74, 6) is 1.06. The van der Waals surface area contributed by atoms with Crippen LogP contribution in [0.1, 0.15) is 38.5 Å². The molecule has 2 aromatic rings. The maximum atomic E-state index is 13.3. The second-order valence-corrected chi connectivity index (χ2v) is 14.1. The predicted octanol–water partition coefficient (Wildman–Crippen LogP) is -1.15. The van der Waals surface area contributed by atoms with Gasteiger partial charge in [0.25, 0.3) is 0 Å². The number of fused-ring (bicyclic) bond motifs is 4. The van der Waals surface area contributed by atoms with Gasteiger partial charge in [-0.2, -0.15) is 0 Å². The minimum Gasteiger partial charge on any atom is -0.478 e. The first-order chi connectivity index (χ1) is 23.9. The second kappa shape index (κ2) is 13.1. The Morgan fingerprint density at radius 1 is 1.14 bits per heavy atom. The second-order valence-electron chi connectivity index (χ2n) is 14.1. The lowest BCUT2D eigenvalue weighted by atomic mass is 9.86. The molecule has 0 amide bonds. The lowest BCUT2D eigenvalue weighted by molar-refractivity contribution is -0.856. The molecule has 14 heteroatoms. The number of quaternary nitrogens is 2. The highest BCUT2D eigenvalue weighted by atomic mass is 17.2. The number of hydrogen-bond acceptors (Lipinski definition) is 12. The Morgan fingerprint density at radius 3 is 2.66 bits per heavy atom. The number of allylic oxidation sites excluding steroid dienone is 2. The van der Waals surface area contributed by atoms with Gasteiger partial charge in [0.15, 0.2) is 22.5 Å². The number of aliphatic hydroxyl groups excluding tert-OH is 4. The standard InChI is InChI=1S/C36H42N4O10/c1-5-25-21-6-9-38-24(21)15-40(25)31-32-20(13-22-27(42)12-19(2)48-33(22)31)14-30(35(3,4)49-32)50-47-17-29(44)36(46,34(45)28(43)16-41)18-39-11-8-23-26(39)7-10-37-23/h6-10,12-13,15,25,28-30,34,41,43-46H,5,11,14,16-18H2,1-4H3/p+2/t25?,28-,29+,30-,34-,36-/m1/s1. The van der Waals surface area contributed by atoms with E-state index in [0.29, 0.717) is 45.2 Å². The molecular weight excluding hydrogens is 648 g/mol. The molecule has 0 saturated heterocycles. The van der Waals surface area contributed by atoms with E-state index < -0.39 is 48.8 Å². The van der Waals surface area contributed by atoms with Crippen LogP contribution in [0, 0.1) is 6.92 Å². The van der Waals surface area contributed by atoms with Crippen LogP contribution < -0.4 is 20.0 Å². The normalized spacial score (nSPS) is 27.5. The molecule has 0 saturated carbocycles. The minimum absolute atomic E-state index is 0.0271. The van der Waals surface area contributed by atoms with Gasteiger partial charge in [0, 0.05) is 54.6 Å². The Morgan fingerprint density at radius 2 is 1.90 bits per heavy atom. The average Bonchev–Trinajstić information content (AvgIpc) is 3.87. The Labute approximate surface area is 288 Å². The van der Waals surface area contributed by atoms with Crippen molar-refractivity contribution in [3.8, 4) is 5.75 Å². The number of ether oxygens (including phenoxy) is 1. The number of aryl methyl sites for hydroxylation is 1. The van der Waals surface area contributed by atoms with Gasteiger partial charge >= 0.3 is 0 Å². The van der Waals surface area contributed by atoms with Crippen molar-refractivity contribution in [2.75, 3.05) is 26.3 Å². The summed E-state index contributed by atoms with van der Waals surface area (Å²) in [4.78, 5) is 35.2. The number of rotatable bonds is 12. The molecule has 7 rings (SSSR count). The maximum absolute atomic E-state index is 13.3. The summed E-state index contributed by atoms with van der Waals surface area (Å²) in [6.07, 6.45) is 6.07. The van der Waals surface area contributed by atoms with Crippen molar-refractivity contribution in [1.82, 2.24) is 0 Å². The molecule has 50 heavy (non-hydrogen) atoms. The number of hydrogen-bond donors (Lipinski definition) is 7. The molecule has 0 fully saturated rings. The Kier molecular flexibility index (Phi) is 9.03. The number of nitrogens with one attached hydrogen (secondary N) is 2. The average molecular weight is 693 g/mol. The summed E-state index contributed by atoms with van der Waals surface area (Å²) >= 11 is 0. The van der Waals surface area contributed by atoms with Crippen LogP contribution >= 0.6 is 0 Å². The monoisotopic (exact) mass is 692 g/mol. The van der Waals surface area contributed by atoms with E-state index in [9.17, 15) is 30.3 Å². The van der Waals surface area contributed by atoms with Crippen LogP contribution in [-0.4, -0.2) is 106 Å². The molecule has 5 aliphatic heterocycles. The van der Waals surface area contributed by atoms with E-state index in [1.807, 2.05) is 32.2 Å². The first kappa shape index (κ1) is 34.6. The van der Waals surface area contributed by atoms with Gasteiger partial charge in [0.05, 0.1) is 12.0 Å². The van der Waals surface area contributed by atoms with Crippen molar-refractivity contribution in [3.63, 3.8) is 0 Å². The highest BCUT2D eigenvalue weighted by Gasteiger charge is 2.51. The fraction of sp³-hybridized carbons (Fsp3) is 0.472. The van der Waals surface area contributed by atoms with Crippen LogP contribution in [0.5, 0.6) is 5.75 Å². The number of benzene rings is 1. The maximum Gasteiger partial charge on any atom is 0.222 e. The third kappa shape index (κ3) is 5.80. The third-order valence-corrected chi connectivity index (χ3v) is 10.4. The summed E-state index contributed by atoms with van der Waals surface area (Å²) in [5, 5.41) is 54.1.